The molecular formula is C10H14O2Si. The van der Waals surface area contributed by atoms with Gasteiger partial charge in [0.2, 0.25) is 0 Å². The maximum absolute atomic E-state index is 5.46. The van der Waals surface area contributed by atoms with Crippen molar-refractivity contribution in [3.63, 3.8) is 0 Å². The van der Waals surface area contributed by atoms with Crippen molar-refractivity contribution < 1.29 is 9.16 Å². The van der Waals surface area contributed by atoms with Crippen LogP contribution >= 0.6 is 0 Å². The molecule has 2 nitrogen and oxygen atoms in total. The highest BCUT2D eigenvalue weighted by Gasteiger charge is 2.03. The molecule has 0 N–H and O–H groups in total. The van der Waals surface area contributed by atoms with Crippen LogP contribution in [0.1, 0.15) is 13.8 Å². The van der Waals surface area contributed by atoms with Crippen molar-refractivity contribution in [1.29, 1.82) is 0 Å². The second-order valence-corrected chi connectivity index (χ2v) is 3.50. The predicted molar refractivity (Wildman–Crippen MR) is 54.6 cm³/mol. The topological polar surface area (TPSA) is 18.5 Å². The maximum atomic E-state index is 5.46. The quantitative estimate of drug-likeness (QED) is 0.659. The van der Waals surface area contributed by atoms with Gasteiger partial charge in [0.25, 0.3) is 9.76 Å². The Morgan fingerprint density at radius 2 is 1.92 bits per heavy atom. The third kappa shape index (κ3) is 3.20. The Morgan fingerprint density at radius 1 is 1.15 bits per heavy atom. The van der Waals surface area contributed by atoms with Gasteiger partial charge < -0.3 is 9.16 Å². The van der Waals surface area contributed by atoms with Gasteiger partial charge >= 0.3 is 0 Å². The fourth-order valence-corrected chi connectivity index (χ4v) is 1.70. The summed E-state index contributed by atoms with van der Waals surface area (Å²) in [5.74, 6) is 0.941. The summed E-state index contributed by atoms with van der Waals surface area (Å²) in [7, 11) is 0.388. The normalized spacial score (nSPS) is 10.0. The first-order chi connectivity index (χ1) is 6.38. The molecule has 3 heteroatoms. The molecule has 1 aromatic rings. The third-order valence-corrected chi connectivity index (χ3v) is 2.58. The Bertz CT molecular complexity index is 250. The average Bonchev–Trinajstić information content (AvgIpc) is 2.17. The second kappa shape index (κ2) is 5.78. The summed E-state index contributed by atoms with van der Waals surface area (Å²) >= 11 is 0. The first-order valence-corrected chi connectivity index (χ1v) is 5.39. The van der Waals surface area contributed by atoms with E-state index in [9.17, 15) is 0 Å². The summed E-state index contributed by atoms with van der Waals surface area (Å²) < 4.78 is 10.8. The highest BCUT2D eigenvalue weighted by molar-refractivity contribution is 6.48. The molecule has 0 fully saturated rings. The van der Waals surface area contributed by atoms with Gasteiger partial charge in [-0.3, -0.25) is 0 Å². The van der Waals surface area contributed by atoms with Crippen molar-refractivity contribution in [2.45, 2.75) is 13.8 Å². The molecule has 2 radical (unpaired) electrons. The van der Waals surface area contributed by atoms with Crippen LogP contribution in [0.4, 0.5) is 0 Å². The minimum atomic E-state index is 0.388. The van der Waals surface area contributed by atoms with Crippen molar-refractivity contribution >= 4 is 14.9 Å². The van der Waals surface area contributed by atoms with Gasteiger partial charge in [-0.25, -0.2) is 0 Å². The van der Waals surface area contributed by atoms with E-state index in [1.165, 1.54) is 0 Å². The van der Waals surface area contributed by atoms with Gasteiger partial charge in [-0.05, 0) is 19.9 Å². The molecule has 0 saturated carbocycles. The minimum absolute atomic E-state index is 0.388. The SMILES string of the molecule is CCO[Si]c1ccccc1OCC. The van der Waals surface area contributed by atoms with Crippen LogP contribution in [0, 0.1) is 0 Å². The van der Waals surface area contributed by atoms with E-state index in [0.29, 0.717) is 16.4 Å². The van der Waals surface area contributed by atoms with E-state index in [2.05, 4.69) is 0 Å². The zero-order valence-electron chi connectivity index (χ0n) is 8.04. The maximum Gasteiger partial charge on any atom is 0.272 e. The average molecular weight is 194 g/mol. The van der Waals surface area contributed by atoms with Crippen LogP contribution in [0.3, 0.4) is 0 Å². The van der Waals surface area contributed by atoms with Gasteiger partial charge in [0, 0.05) is 11.8 Å². The molecular weight excluding hydrogens is 180 g/mol. The molecule has 0 saturated heterocycles. The Balaban J connectivity index is 2.66. The third-order valence-electron chi connectivity index (χ3n) is 1.51. The Morgan fingerprint density at radius 3 is 2.62 bits per heavy atom. The van der Waals surface area contributed by atoms with Gasteiger partial charge in [-0.1, -0.05) is 18.2 Å². The van der Waals surface area contributed by atoms with Gasteiger partial charge in [0.1, 0.15) is 5.75 Å². The summed E-state index contributed by atoms with van der Waals surface area (Å²) in [6, 6.07) is 8.00. The van der Waals surface area contributed by atoms with Crippen LogP contribution in [-0.2, 0) is 4.43 Å². The molecule has 0 aliphatic carbocycles. The highest BCUT2D eigenvalue weighted by Crippen LogP contribution is 2.05. The van der Waals surface area contributed by atoms with Crippen LogP contribution in [0.15, 0.2) is 24.3 Å². The number of benzene rings is 1. The van der Waals surface area contributed by atoms with E-state index in [4.69, 9.17) is 9.16 Å². The highest BCUT2D eigenvalue weighted by atomic mass is 28.2. The summed E-state index contributed by atoms with van der Waals surface area (Å²) in [4.78, 5) is 0. The molecule has 0 aliphatic heterocycles. The number of hydrogen-bond donors (Lipinski definition) is 0. The fourth-order valence-electron chi connectivity index (χ4n) is 0.982. The first-order valence-electron chi connectivity index (χ1n) is 4.48. The summed E-state index contributed by atoms with van der Waals surface area (Å²) in [6.45, 7) is 5.43. The number of ether oxygens (including phenoxy) is 1. The molecule has 1 rings (SSSR count). The standard InChI is InChI=1S/C10H14O2Si/c1-3-11-9-7-5-6-8-10(9)13-12-4-2/h5-8H,3-4H2,1-2H3. The Hall–Kier alpha value is -0.803. The van der Waals surface area contributed by atoms with E-state index in [1.807, 2.05) is 38.1 Å². The van der Waals surface area contributed by atoms with Gasteiger partial charge in [0.15, 0.2) is 0 Å². The van der Waals surface area contributed by atoms with Crippen LogP contribution in [0.25, 0.3) is 0 Å². The minimum Gasteiger partial charge on any atom is -0.494 e. The van der Waals surface area contributed by atoms with E-state index in [0.717, 1.165) is 17.5 Å². The molecule has 0 spiro atoms. The summed E-state index contributed by atoms with van der Waals surface area (Å²) in [6.07, 6.45) is 0. The lowest BCUT2D eigenvalue weighted by molar-refractivity contribution is 0.339. The Labute approximate surface area is 81.8 Å². The molecule has 0 amide bonds. The molecule has 1 aromatic carbocycles. The molecule has 0 atom stereocenters. The monoisotopic (exact) mass is 194 g/mol. The molecule has 13 heavy (non-hydrogen) atoms. The lowest BCUT2D eigenvalue weighted by Crippen LogP contribution is -2.20. The summed E-state index contributed by atoms with van der Waals surface area (Å²) in [5, 5.41) is 1.14. The molecule has 0 unspecified atom stereocenters. The van der Waals surface area contributed by atoms with E-state index in [1.54, 1.807) is 0 Å². The fraction of sp³-hybridized carbons (Fsp3) is 0.400. The van der Waals surface area contributed by atoms with E-state index in [-0.39, 0.29) is 0 Å². The van der Waals surface area contributed by atoms with Crippen LogP contribution < -0.4 is 9.92 Å². The van der Waals surface area contributed by atoms with Crippen molar-refractivity contribution in [2.75, 3.05) is 13.2 Å². The molecule has 0 bridgehead atoms. The van der Waals surface area contributed by atoms with E-state index >= 15 is 0 Å². The van der Waals surface area contributed by atoms with Crippen LogP contribution in [-0.4, -0.2) is 23.0 Å². The zero-order chi connectivity index (χ0) is 9.52. The van der Waals surface area contributed by atoms with Gasteiger partial charge in [-0.2, -0.15) is 0 Å². The zero-order valence-corrected chi connectivity index (χ0v) is 9.04. The van der Waals surface area contributed by atoms with Crippen LogP contribution in [0.2, 0.25) is 0 Å². The van der Waals surface area contributed by atoms with Crippen molar-refractivity contribution in [3.05, 3.63) is 24.3 Å². The Kier molecular flexibility index (Phi) is 4.57. The van der Waals surface area contributed by atoms with Gasteiger partial charge in [-0.15, -0.1) is 0 Å². The molecule has 70 valence electrons. The largest absolute Gasteiger partial charge is 0.494 e. The smallest absolute Gasteiger partial charge is 0.272 e. The predicted octanol–water partition coefficient (Wildman–Crippen LogP) is 1.37. The van der Waals surface area contributed by atoms with Crippen molar-refractivity contribution in [2.24, 2.45) is 0 Å². The number of rotatable bonds is 5. The summed E-state index contributed by atoms with van der Waals surface area (Å²) in [5.41, 5.74) is 0. The lowest BCUT2D eigenvalue weighted by atomic mass is 10.3. The second-order valence-electron chi connectivity index (χ2n) is 2.46. The number of hydrogen-bond acceptors (Lipinski definition) is 2. The molecule has 0 heterocycles. The van der Waals surface area contributed by atoms with Gasteiger partial charge in [0.05, 0.1) is 6.61 Å². The first kappa shape index (κ1) is 10.3. The molecule has 0 aliphatic rings. The lowest BCUT2D eigenvalue weighted by Gasteiger charge is -2.07. The number of para-hydroxylation sites is 1. The van der Waals surface area contributed by atoms with E-state index < -0.39 is 0 Å². The van der Waals surface area contributed by atoms with Crippen molar-refractivity contribution in [1.82, 2.24) is 0 Å². The van der Waals surface area contributed by atoms with Crippen molar-refractivity contribution in [3.8, 4) is 5.75 Å². The van der Waals surface area contributed by atoms with Crippen LogP contribution in [0.5, 0.6) is 5.75 Å². The molecule has 0 aromatic heterocycles.